The third kappa shape index (κ3) is 1.04. The Balaban J connectivity index is 3.23. The van der Waals surface area contributed by atoms with Gasteiger partial charge < -0.3 is 9.63 Å². The van der Waals surface area contributed by atoms with E-state index in [9.17, 15) is 4.79 Å². The molecule has 0 radical (unpaired) electrons. The molecule has 1 N–H and O–H groups in total. The SMILES string of the molecule is Cc1noc(Br)c1C(=O)O. The van der Waals surface area contributed by atoms with Gasteiger partial charge in [0.25, 0.3) is 0 Å². The summed E-state index contributed by atoms with van der Waals surface area (Å²) in [6.07, 6.45) is 0. The van der Waals surface area contributed by atoms with Gasteiger partial charge in [-0.1, -0.05) is 5.16 Å². The number of aromatic carboxylic acids is 1. The molecular weight excluding hydrogens is 202 g/mol. The second-order valence-electron chi connectivity index (χ2n) is 1.72. The molecule has 0 unspecified atom stereocenters. The maximum atomic E-state index is 10.4. The molecule has 0 saturated heterocycles. The highest BCUT2D eigenvalue weighted by molar-refractivity contribution is 9.10. The number of aryl methyl sites for hydroxylation is 1. The third-order valence-electron chi connectivity index (χ3n) is 1.03. The summed E-state index contributed by atoms with van der Waals surface area (Å²) in [5, 5.41) is 11.9. The number of aromatic nitrogens is 1. The van der Waals surface area contributed by atoms with Crippen LogP contribution in [-0.2, 0) is 0 Å². The van der Waals surface area contributed by atoms with Gasteiger partial charge in [0.05, 0.1) is 5.69 Å². The summed E-state index contributed by atoms with van der Waals surface area (Å²) in [5.74, 6) is -1.04. The highest BCUT2D eigenvalue weighted by atomic mass is 79.9. The Morgan fingerprint density at radius 2 is 2.40 bits per heavy atom. The molecule has 0 aromatic carbocycles. The van der Waals surface area contributed by atoms with Crippen molar-refractivity contribution in [1.82, 2.24) is 5.16 Å². The Bertz CT molecular complexity index is 248. The van der Waals surface area contributed by atoms with Crippen LogP contribution >= 0.6 is 15.9 Å². The summed E-state index contributed by atoms with van der Waals surface area (Å²) in [6, 6.07) is 0. The van der Waals surface area contributed by atoms with E-state index in [1.165, 1.54) is 0 Å². The van der Waals surface area contributed by atoms with Crippen molar-refractivity contribution in [3.8, 4) is 0 Å². The molecule has 1 heterocycles. The molecular formula is C5H4BrNO3. The Labute approximate surface area is 64.9 Å². The number of nitrogens with zero attached hydrogens (tertiary/aromatic N) is 1. The quantitative estimate of drug-likeness (QED) is 0.754. The summed E-state index contributed by atoms with van der Waals surface area (Å²) in [6.45, 7) is 1.57. The average molecular weight is 206 g/mol. The second-order valence-corrected chi connectivity index (χ2v) is 2.44. The predicted molar refractivity (Wildman–Crippen MR) is 35.9 cm³/mol. The first-order chi connectivity index (χ1) is 4.63. The van der Waals surface area contributed by atoms with Crippen molar-refractivity contribution >= 4 is 21.9 Å². The molecule has 0 aliphatic rings. The topological polar surface area (TPSA) is 63.3 Å². The molecule has 0 fully saturated rings. The molecule has 0 atom stereocenters. The first-order valence-corrected chi connectivity index (χ1v) is 3.27. The Morgan fingerprint density at radius 1 is 1.80 bits per heavy atom. The standard InChI is InChI=1S/C5H4BrNO3/c1-2-3(5(8)9)4(6)10-7-2/h1H3,(H,8,9). The van der Waals surface area contributed by atoms with Crippen LogP contribution < -0.4 is 0 Å². The highest BCUT2D eigenvalue weighted by Crippen LogP contribution is 2.18. The van der Waals surface area contributed by atoms with E-state index in [1.54, 1.807) is 6.92 Å². The Hall–Kier alpha value is -0.840. The molecule has 0 spiro atoms. The number of hydrogen-bond donors (Lipinski definition) is 1. The highest BCUT2D eigenvalue weighted by Gasteiger charge is 2.16. The van der Waals surface area contributed by atoms with Crippen LogP contribution in [0.1, 0.15) is 16.1 Å². The molecule has 1 aromatic rings. The maximum absolute atomic E-state index is 10.4. The van der Waals surface area contributed by atoms with Gasteiger partial charge in [0, 0.05) is 0 Å². The number of halogens is 1. The number of carbonyl (C=O) groups is 1. The Morgan fingerprint density at radius 3 is 2.60 bits per heavy atom. The summed E-state index contributed by atoms with van der Waals surface area (Å²) < 4.78 is 4.71. The largest absolute Gasteiger partial charge is 0.477 e. The minimum absolute atomic E-state index is 0.0833. The van der Waals surface area contributed by atoms with Crippen LogP contribution in [0.3, 0.4) is 0 Å². The molecule has 0 bridgehead atoms. The van der Waals surface area contributed by atoms with E-state index in [-0.39, 0.29) is 10.2 Å². The van der Waals surface area contributed by atoms with Crippen LogP contribution in [-0.4, -0.2) is 16.2 Å². The summed E-state index contributed by atoms with van der Waals surface area (Å²) in [4.78, 5) is 10.4. The van der Waals surface area contributed by atoms with Crippen molar-refractivity contribution in [3.63, 3.8) is 0 Å². The fourth-order valence-corrected chi connectivity index (χ4v) is 1.11. The zero-order chi connectivity index (χ0) is 7.72. The zero-order valence-corrected chi connectivity index (χ0v) is 6.67. The lowest BCUT2D eigenvalue weighted by Gasteiger charge is -1.85. The molecule has 1 aromatic heterocycles. The van der Waals surface area contributed by atoms with Gasteiger partial charge >= 0.3 is 5.97 Å². The number of hydrogen-bond acceptors (Lipinski definition) is 3. The van der Waals surface area contributed by atoms with Crippen molar-refractivity contribution in [2.75, 3.05) is 0 Å². The van der Waals surface area contributed by atoms with E-state index in [0.717, 1.165) is 0 Å². The lowest BCUT2D eigenvalue weighted by molar-refractivity contribution is 0.0694. The molecule has 0 aliphatic heterocycles. The van der Waals surface area contributed by atoms with Crippen LogP contribution in [0.15, 0.2) is 9.19 Å². The van der Waals surface area contributed by atoms with E-state index < -0.39 is 5.97 Å². The zero-order valence-electron chi connectivity index (χ0n) is 5.09. The lowest BCUT2D eigenvalue weighted by atomic mass is 10.3. The Kier molecular flexibility index (Phi) is 1.76. The monoisotopic (exact) mass is 205 g/mol. The summed E-state index contributed by atoms with van der Waals surface area (Å²) in [5.41, 5.74) is 0.458. The fourth-order valence-electron chi connectivity index (χ4n) is 0.581. The maximum Gasteiger partial charge on any atom is 0.342 e. The second kappa shape index (κ2) is 2.42. The van der Waals surface area contributed by atoms with E-state index in [2.05, 4.69) is 25.6 Å². The predicted octanol–water partition coefficient (Wildman–Crippen LogP) is 1.44. The first kappa shape index (κ1) is 7.27. The van der Waals surface area contributed by atoms with Crippen molar-refractivity contribution in [2.45, 2.75) is 6.92 Å². The van der Waals surface area contributed by atoms with Crippen LogP contribution in [0.2, 0.25) is 0 Å². The molecule has 0 saturated carbocycles. The van der Waals surface area contributed by atoms with Crippen molar-refractivity contribution < 1.29 is 14.4 Å². The minimum Gasteiger partial charge on any atom is -0.477 e. The van der Waals surface area contributed by atoms with E-state index in [1.807, 2.05) is 0 Å². The van der Waals surface area contributed by atoms with E-state index in [4.69, 9.17) is 5.11 Å². The molecule has 0 aliphatic carbocycles. The van der Waals surface area contributed by atoms with Crippen molar-refractivity contribution in [3.05, 3.63) is 15.9 Å². The summed E-state index contributed by atoms with van der Waals surface area (Å²) in [7, 11) is 0. The van der Waals surface area contributed by atoms with Gasteiger partial charge in [-0.2, -0.15) is 0 Å². The fraction of sp³-hybridized carbons (Fsp3) is 0.200. The number of rotatable bonds is 1. The van der Waals surface area contributed by atoms with Gasteiger partial charge in [0.15, 0.2) is 0 Å². The lowest BCUT2D eigenvalue weighted by Crippen LogP contribution is -1.97. The molecule has 0 amide bonds. The smallest absolute Gasteiger partial charge is 0.342 e. The average Bonchev–Trinajstić information content (AvgIpc) is 2.11. The first-order valence-electron chi connectivity index (χ1n) is 2.48. The van der Waals surface area contributed by atoms with Gasteiger partial charge in [-0.15, -0.1) is 0 Å². The third-order valence-corrected chi connectivity index (χ3v) is 1.58. The van der Waals surface area contributed by atoms with E-state index in [0.29, 0.717) is 5.69 Å². The van der Waals surface area contributed by atoms with Gasteiger partial charge in [-0.3, -0.25) is 0 Å². The van der Waals surface area contributed by atoms with Gasteiger partial charge in [-0.05, 0) is 22.9 Å². The number of carboxylic acids is 1. The van der Waals surface area contributed by atoms with Crippen LogP contribution in [0.5, 0.6) is 0 Å². The van der Waals surface area contributed by atoms with Crippen molar-refractivity contribution in [1.29, 1.82) is 0 Å². The van der Waals surface area contributed by atoms with Gasteiger partial charge in [-0.25, -0.2) is 4.79 Å². The van der Waals surface area contributed by atoms with Crippen LogP contribution in [0.4, 0.5) is 0 Å². The van der Waals surface area contributed by atoms with Crippen LogP contribution in [0.25, 0.3) is 0 Å². The molecule has 5 heteroatoms. The van der Waals surface area contributed by atoms with Crippen molar-refractivity contribution in [2.24, 2.45) is 0 Å². The normalized spacial score (nSPS) is 9.80. The summed E-state index contributed by atoms with van der Waals surface area (Å²) >= 11 is 2.91. The molecule has 4 nitrogen and oxygen atoms in total. The molecule has 54 valence electrons. The van der Waals surface area contributed by atoms with Crippen LogP contribution in [0, 0.1) is 6.92 Å². The molecule has 10 heavy (non-hydrogen) atoms. The van der Waals surface area contributed by atoms with Gasteiger partial charge in [0.1, 0.15) is 5.56 Å². The van der Waals surface area contributed by atoms with Gasteiger partial charge in [0.2, 0.25) is 4.67 Å². The van der Waals surface area contributed by atoms with E-state index >= 15 is 0 Å². The molecule has 1 rings (SSSR count). The number of carboxylic acid groups (broad SMARTS) is 1. The minimum atomic E-state index is -1.04.